The van der Waals surface area contributed by atoms with E-state index >= 15 is 0 Å². The van der Waals surface area contributed by atoms with Crippen LogP contribution in [0, 0.1) is 0 Å². The van der Waals surface area contributed by atoms with Crippen LogP contribution < -0.4 is 0 Å². The van der Waals surface area contributed by atoms with E-state index in [-0.39, 0.29) is 11.2 Å². The highest BCUT2D eigenvalue weighted by Gasteiger charge is 2.19. The number of carbonyl (C=O) groups excluding carboxylic acids is 1. The maximum absolute atomic E-state index is 11.4. The van der Waals surface area contributed by atoms with E-state index in [1.165, 1.54) is 6.33 Å². The van der Waals surface area contributed by atoms with Crippen molar-refractivity contribution in [2.45, 2.75) is 46.0 Å². The minimum Gasteiger partial charge on any atom is -0.299 e. The van der Waals surface area contributed by atoms with Crippen molar-refractivity contribution in [2.24, 2.45) is 0 Å². The van der Waals surface area contributed by atoms with Crippen LogP contribution in [0.5, 0.6) is 0 Å². The lowest BCUT2D eigenvalue weighted by Crippen LogP contribution is -2.17. The summed E-state index contributed by atoms with van der Waals surface area (Å²) in [5.74, 6) is 0.221. The summed E-state index contributed by atoms with van der Waals surface area (Å²) in [4.78, 5) is 19.6. The summed E-state index contributed by atoms with van der Waals surface area (Å²) in [5.41, 5.74) is 1.92. The Labute approximate surface area is 91.0 Å². The minimum absolute atomic E-state index is 0.00931. The fourth-order valence-electron chi connectivity index (χ4n) is 1.43. The van der Waals surface area contributed by atoms with Gasteiger partial charge in [0, 0.05) is 19.0 Å². The molecule has 0 radical (unpaired) electrons. The molecule has 0 aliphatic carbocycles. The zero-order valence-electron chi connectivity index (χ0n) is 9.87. The topological polar surface area (TPSA) is 42.9 Å². The normalized spacial score (nSPS) is 11.5. The van der Waals surface area contributed by atoms with Crippen molar-refractivity contribution in [3.05, 3.63) is 23.8 Å². The van der Waals surface area contributed by atoms with E-state index in [2.05, 4.69) is 30.7 Å². The number of carbonyl (C=O) groups is 1. The van der Waals surface area contributed by atoms with Gasteiger partial charge in [-0.05, 0) is 11.0 Å². The lowest BCUT2D eigenvalue weighted by Gasteiger charge is -2.20. The summed E-state index contributed by atoms with van der Waals surface area (Å²) in [6, 6.07) is 0. The predicted octanol–water partition coefficient (Wildman–Crippen LogP) is 2.30. The van der Waals surface area contributed by atoms with Crippen LogP contribution >= 0.6 is 0 Å². The van der Waals surface area contributed by atoms with E-state index in [1.807, 2.05) is 13.1 Å². The molecule has 0 saturated heterocycles. The summed E-state index contributed by atoms with van der Waals surface area (Å²) < 4.78 is 0. The Morgan fingerprint density at radius 3 is 2.60 bits per heavy atom. The molecule has 15 heavy (non-hydrogen) atoms. The zero-order valence-corrected chi connectivity index (χ0v) is 9.87. The van der Waals surface area contributed by atoms with Gasteiger partial charge in [-0.3, -0.25) is 4.79 Å². The van der Waals surface area contributed by atoms with Gasteiger partial charge in [0.05, 0.1) is 5.69 Å². The fourth-order valence-corrected chi connectivity index (χ4v) is 1.43. The van der Waals surface area contributed by atoms with Crippen LogP contribution in [0.4, 0.5) is 0 Å². The Morgan fingerprint density at radius 2 is 2.07 bits per heavy atom. The molecule has 0 bridgehead atoms. The average molecular weight is 206 g/mol. The molecule has 0 unspecified atom stereocenters. The third-order valence-corrected chi connectivity index (χ3v) is 2.36. The molecule has 3 nitrogen and oxygen atoms in total. The van der Waals surface area contributed by atoms with E-state index in [1.54, 1.807) is 0 Å². The van der Waals surface area contributed by atoms with Crippen molar-refractivity contribution < 1.29 is 4.79 Å². The van der Waals surface area contributed by atoms with Gasteiger partial charge in [-0.2, -0.15) is 0 Å². The molecule has 1 heterocycles. The third kappa shape index (κ3) is 3.11. The molecule has 0 fully saturated rings. The second kappa shape index (κ2) is 4.51. The summed E-state index contributed by atoms with van der Waals surface area (Å²) in [6.07, 6.45) is 4.30. The largest absolute Gasteiger partial charge is 0.299 e. The van der Waals surface area contributed by atoms with Gasteiger partial charge in [-0.25, -0.2) is 9.97 Å². The van der Waals surface area contributed by atoms with Gasteiger partial charge in [-0.1, -0.05) is 27.7 Å². The molecule has 0 aliphatic heterocycles. The van der Waals surface area contributed by atoms with Gasteiger partial charge >= 0.3 is 0 Å². The summed E-state index contributed by atoms with van der Waals surface area (Å²) in [6.45, 7) is 8.18. The van der Waals surface area contributed by atoms with Crippen molar-refractivity contribution in [2.75, 3.05) is 0 Å². The maximum Gasteiger partial charge on any atom is 0.138 e. The molecule has 0 aliphatic rings. The second-order valence-corrected chi connectivity index (χ2v) is 4.70. The van der Waals surface area contributed by atoms with E-state index in [0.29, 0.717) is 12.8 Å². The number of ketones is 1. The molecule has 1 rings (SSSR count). The maximum atomic E-state index is 11.4. The Balaban J connectivity index is 3.02. The van der Waals surface area contributed by atoms with Crippen LogP contribution in [0.1, 0.15) is 45.4 Å². The van der Waals surface area contributed by atoms with Crippen LogP contribution in [-0.2, 0) is 16.6 Å². The van der Waals surface area contributed by atoms with Gasteiger partial charge in [0.25, 0.3) is 0 Å². The first-order chi connectivity index (χ1) is 6.95. The number of hydrogen-bond donors (Lipinski definition) is 0. The van der Waals surface area contributed by atoms with Crippen molar-refractivity contribution in [3.63, 3.8) is 0 Å². The molecule has 0 N–H and O–H groups in total. The molecule has 0 atom stereocenters. The first-order valence-electron chi connectivity index (χ1n) is 5.26. The predicted molar refractivity (Wildman–Crippen MR) is 59.7 cm³/mol. The third-order valence-electron chi connectivity index (χ3n) is 2.36. The number of aromatic nitrogens is 2. The van der Waals surface area contributed by atoms with Gasteiger partial charge in [0.15, 0.2) is 0 Å². The van der Waals surface area contributed by atoms with Crippen LogP contribution in [0.3, 0.4) is 0 Å². The average Bonchev–Trinajstić information content (AvgIpc) is 2.17. The first-order valence-corrected chi connectivity index (χ1v) is 5.26. The number of rotatable bonds is 3. The molecule has 3 heteroatoms. The Kier molecular flexibility index (Phi) is 3.56. The van der Waals surface area contributed by atoms with Crippen molar-refractivity contribution in [1.82, 2.24) is 9.97 Å². The standard InChI is InChI=1S/C12H18N2O/c1-5-9(15)6-11-10(12(2,3)4)7-13-8-14-11/h7-8H,5-6H2,1-4H3. The molecule has 1 aromatic rings. The van der Waals surface area contributed by atoms with Crippen LogP contribution in [-0.4, -0.2) is 15.8 Å². The molecule has 1 aromatic heterocycles. The number of Topliss-reactive ketones (excluding diaryl/α,β-unsaturated/α-hetero) is 1. The number of hydrogen-bond acceptors (Lipinski definition) is 3. The van der Waals surface area contributed by atoms with E-state index in [9.17, 15) is 4.79 Å². The Morgan fingerprint density at radius 1 is 1.40 bits per heavy atom. The highest BCUT2D eigenvalue weighted by atomic mass is 16.1. The van der Waals surface area contributed by atoms with Crippen molar-refractivity contribution in [3.8, 4) is 0 Å². The monoisotopic (exact) mass is 206 g/mol. The molecule has 0 aromatic carbocycles. The SMILES string of the molecule is CCC(=O)Cc1ncncc1C(C)(C)C. The number of nitrogens with zero attached hydrogens (tertiary/aromatic N) is 2. The molecule has 0 amide bonds. The molecule has 0 saturated carbocycles. The van der Waals surface area contributed by atoms with Crippen LogP contribution in [0.15, 0.2) is 12.5 Å². The quantitative estimate of drug-likeness (QED) is 0.762. The van der Waals surface area contributed by atoms with E-state index in [4.69, 9.17) is 0 Å². The van der Waals surface area contributed by atoms with Gasteiger partial charge < -0.3 is 0 Å². The molecule has 82 valence electrons. The smallest absolute Gasteiger partial charge is 0.138 e. The molecular formula is C12H18N2O. The Bertz CT molecular complexity index is 353. The minimum atomic E-state index is -0.00931. The first kappa shape index (κ1) is 11.8. The van der Waals surface area contributed by atoms with Gasteiger partial charge in [-0.15, -0.1) is 0 Å². The van der Waals surface area contributed by atoms with Crippen molar-refractivity contribution >= 4 is 5.78 Å². The van der Waals surface area contributed by atoms with E-state index in [0.717, 1.165) is 11.3 Å². The highest BCUT2D eigenvalue weighted by molar-refractivity contribution is 5.80. The highest BCUT2D eigenvalue weighted by Crippen LogP contribution is 2.24. The molecular weight excluding hydrogens is 188 g/mol. The fraction of sp³-hybridized carbons (Fsp3) is 0.583. The molecule has 0 spiro atoms. The van der Waals surface area contributed by atoms with Gasteiger partial charge in [0.2, 0.25) is 0 Å². The summed E-state index contributed by atoms with van der Waals surface area (Å²) in [5, 5.41) is 0. The van der Waals surface area contributed by atoms with Crippen LogP contribution in [0.25, 0.3) is 0 Å². The summed E-state index contributed by atoms with van der Waals surface area (Å²) in [7, 11) is 0. The second-order valence-electron chi connectivity index (χ2n) is 4.70. The van der Waals surface area contributed by atoms with Gasteiger partial charge in [0.1, 0.15) is 12.1 Å². The Hall–Kier alpha value is -1.25. The lowest BCUT2D eigenvalue weighted by atomic mass is 9.86. The van der Waals surface area contributed by atoms with E-state index < -0.39 is 0 Å². The summed E-state index contributed by atoms with van der Waals surface area (Å²) >= 11 is 0. The lowest BCUT2D eigenvalue weighted by molar-refractivity contribution is -0.118. The van der Waals surface area contributed by atoms with Crippen LogP contribution in [0.2, 0.25) is 0 Å². The zero-order chi connectivity index (χ0) is 11.5. The van der Waals surface area contributed by atoms with Crippen molar-refractivity contribution in [1.29, 1.82) is 0 Å².